The summed E-state index contributed by atoms with van der Waals surface area (Å²) in [5, 5.41) is 15.8. The van der Waals surface area contributed by atoms with Gasteiger partial charge in [-0.3, -0.25) is 9.67 Å². The summed E-state index contributed by atoms with van der Waals surface area (Å²) in [4.78, 5) is 16.1. The van der Waals surface area contributed by atoms with Crippen molar-refractivity contribution < 1.29 is 31.5 Å². The van der Waals surface area contributed by atoms with Crippen molar-refractivity contribution in [3.05, 3.63) is 94.6 Å². The third kappa shape index (κ3) is 5.50. The van der Waals surface area contributed by atoms with Crippen molar-refractivity contribution in [2.24, 2.45) is 0 Å². The van der Waals surface area contributed by atoms with Gasteiger partial charge in [0.05, 0.1) is 26.5 Å². The van der Waals surface area contributed by atoms with Crippen LogP contribution in [0.15, 0.2) is 77.8 Å². The molecule has 0 saturated carbocycles. The van der Waals surface area contributed by atoms with E-state index < -0.39 is 32.9 Å². The molecule has 2 heterocycles. The van der Waals surface area contributed by atoms with Gasteiger partial charge in [0.1, 0.15) is 5.69 Å². The largest absolute Gasteiger partial charge is 0.464 e. The molecule has 0 saturated heterocycles. The smallest absolute Gasteiger partial charge is 0.421 e. The number of nitrogens with one attached hydrogen (secondary N) is 1. The molecule has 2 aromatic heterocycles. The molecular formula is C27H21ClF3N5O4S. The van der Waals surface area contributed by atoms with E-state index in [-0.39, 0.29) is 23.4 Å². The Balaban J connectivity index is 1.47. The summed E-state index contributed by atoms with van der Waals surface area (Å²) in [6, 6.07) is 16.2. The monoisotopic (exact) mass is 603 g/mol. The first-order valence-corrected chi connectivity index (χ1v) is 13.9. The SMILES string of the molecule is Cc1ccc(S(=O)(=O)N(CCc2ccc(-n3c(-c4ccn[nH]4)nc4cc(C(F)(F)F)c(Cl)cc43)cc2)C(=O)O)cc1. The number of hydrogen-bond donors (Lipinski definition) is 2. The third-order valence-electron chi connectivity index (χ3n) is 6.41. The van der Waals surface area contributed by atoms with Crippen molar-refractivity contribution in [1.82, 2.24) is 24.1 Å². The van der Waals surface area contributed by atoms with E-state index in [0.29, 0.717) is 32.6 Å². The van der Waals surface area contributed by atoms with Crippen LogP contribution in [0.4, 0.5) is 18.0 Å². The van der Waals surface area contributed by atoms with Crippen molar-refractivity contribution in [3.8, 4) is 17.2 Å². The number of H-pyrrole nitrogens is 1. The first-order chi connectivity index (χ1) is 19.4. The second kappa shape index (κ2) is 10.6. The van der Waals surface area contributed by atoms with E-state index >= 15 is 0 Å². The number of rotatable bonds is 7. The van der Waals surface area contributed by atoms with Crippen molar-refractivity contribution >= 4 is 38.8 Å². The Kier molecular flexibility index (Phi) is 7.26. The Morgan fingerprint density at radius 1 is 1.07 bits per heavy atom. The molecule has 0 unspecified atom stereocenters. The molecular weight excluding hydrogens is 583 g/mol. The van der Waals surface area contributed by atoms with Crippen LogP contribution in [-0.2, 0) is 22.6 Å². The lowest BCUT2D eigenvalue weighted by Crippen LogP contribution is -2.37. The van der Waals surface area contributed by atoms with Gasteiger partial charge in [0.25, 0.3) is 10.0 Å². The number of nitrogens with zero attached hydrogens (tertiary/aromatic N) is 4. The minimum Gasteiger partial charge on any atom is -0.464 e. The molecule has 1 amide bonds. The lowest BCUT2D eigenvalue weighted by molar-refractivity contribution is -0.137. The lowest BCUT2D eigenvalue weighted by Gasteiger charge is -2.19. The molecule has 0 radical (unpaired) electrons. The van der Waals surface area contributed by atoms with Crippen LogP contribution in [-0.4, -0.2) is 50.2 Å². The molecule has 0 bridgehead atoms. The van der Waals surface area contributed by atoms with Crippen molar-refractivity contribution in [3.63, 3.8) is 0 Å². The van der Waals surface area contributed by atoms with Crippen molar-refractivity contribution in [2.75, 3.05) is 6.54 Å². The van der Waals surface area contributed by atoms with Crippen molar-refractivity contribution in [1.29, 1.82) is 0 Å². The second-order valence-electron chi connectivity index (χ2n) is 9.15. The summed E-state index contributed by atoms with van der Waals surface area (Å²) >= 11 is 6.01. The van der Waals surface area contributed by atoms with Crippen molar-refractivity contribution in [2.45, 2.75) is 24.4 Å². The van der Waals surface area contributed by atoms with E-state index in [2.05, 4.69) is 15.2 Å². The molecule has 0 fully saturated rings. The summed E-state index contributed by atoms with van der Waals surface area (Å²) in [6.45, 7) is 1.46. The minimum atomic E-state index is -4.67. The number of amides is 1. The molecule has 14 heteroatoms. The maximum atomic E-state index is 13.5. The van der Waals surface area contributed by atoms with E-state index in [4.69, 9.17) is 11.6 Å². The first kappa shape index (κ1) is 28.2. The highest BCUT2D eigenvalue weighted by Crippen LogP contribution is 2.38. The number of hydrogen-bond acceptors (Lipinski definition) is 5. The number of halogens is 4. The molecule has 2 N–H and O–H groups in total. The van der Waals surface area contributed by atoms with Gasteiger partial charge in [0, 0.05) is 18.4 Å². The van der Waals surface area contributed by atoms with Crippen LogP contribution in [0.3, 0.4) is 0 Å². The van der Waals surface area contributed by atoms with Crippen LogP contribution in [0, 0.1) is 6.92 Å². The Labute approximate surface area is 236 Å². The minimum absolute atomic E-state index is 0.0637. The van der Waals surface area contributed by atoms with Gasteiger partial charge in [0.2, 0.25) is 0 Å². The lowest BCUT2D eigenvalue weighted by atomic mass is 10.1. The van der Waals surface area contributed by atoms with E-state index in [1.165, 1.54) is 24.4 Å². The van der Waals surface area contributed by atoms with Crippen LogP contribution >= 0.6 is 11.6 Å². The third-order valence-corrected chi connectivity index (χ3v) is 8.51. The molecule has 212 valence electrons. The Morgan fingerprint density at radius 2 is 1.76 bits per heavy atom. The predicted octanol–water partition coefficient (Wildman–Crippen LogP) is 6.31. The van der Waals surface area contributed by atoms with Crippen LogP contribution < -0.4 is 0 Å². The fraction of sp³-hybridized carbons (Fsp3) is 0.148. The maximum absolute atomic E-state index is 13.5. The molecule has 5 aromatic rings. The second-order valence-corrected chi connectivity index (χ2v) is 11.4. The van der Waals surface area contributed by atoms with Gasteiger partial charge in [-0.1, -0.05) is 41.4 Å². The maximum Gasteiger partial charge on any atom is 0.421 e. The average molecular weight is 604 g/mol. The highest BCUT2D eigenvalue weighted by atomic mass is 35.5. The van der Waals surface area contributed by atoms with Crippen LogP contribution in [0.5, 0.6) is 0 Å². The van der Waals surface area contributed by atoms with E-state index in [1.54, 1.807) is 54.0 Å². The molecule has 9 nitrogen and oxygen atoms in total. The van der Waals surface area contributed by atoms with Crippen LogP contribution in [0.25, 0.3) is 28.2 Å². The number of carboxylic acid groups (broad SMARTS) is 1. The molecule has 0 aliphatic carbocycles. The fourth-order valence-corrected chi connectivity index (χ4v) is 5.87. The average Bonchev–Trinajstić information content (AvgIpc) is 3.56. The fourth-order valence-electron chi connectivity index (χ4n) is 4.34. The van der Waals surface area contributed by atoms with Gasteiger partial charge in [0.15, 0.2) is 5.82 Å². The van der Waals surface area contributed by atoms with Crippen LogP contribution in [0.2, 0.25) is 5.02 Å². The normalized spacial score (nSPS) is 12.1. The molecule has 3 aromatic carbocycles. The molecule has 41 heavy (non-hydrogen) atoms. The zero-order valence-electron chi connectivity index (χ0n) is 21.2. The summed E-state index contributed by atoms with van der Waals surface area (Å²) in [6.07, 6.45) is -4.71. The molecule has 0 spiro atoms. The number of aryl methyl sites for hydroxylation is 1. The molecule has 0 aliphatic heterocycles. The van der Waals surface area contributed by atoms with E-state index in [0.717, 1.165) is 11.6 Å². The van der Waals surface area contributed by atoms with Gasteiger partial charge < -0.3 is 5.11 Å². The highest BCUT2D eigenvalue weighted by molar-refractivity contribution is 7.89. The summed E-state index contributed by atoms with van der Waals surface area (Å²) < 4.78 is 68.3. The van der Waals surface area contributed by atoms with E-state index in [1.807, 2.05) is 0 Å². The topological polar surface area (TPSA) is 121 Å². The van der Waals surface area contributed by atoms with Crippen LogP contribution in [0.1, 0.15) is 16.7 Å². The molecule has 5 rings (SSSR count). The van der Waals surface area contributed by atoms with Gasteiger partial charge >= 0.3 is 12.3 Å². The number of aromatic nitrogens is 4. The Morgan fingerprint density at radius 3 is 2.34 bits per heavy atom. The number of imidazole rings is 1. The van der Waals surface area contributed by atoms with Gasteiger partial charge in [-0.2, -0.15) is 18.3 Å². The zero-order chi connectivity index (χ0) is 29.5. The zero-order valence-corrected chi connectivity index (χ0v) is 22.8. The number of benzene rings is 3. The Hall–Kier alpha value is -4.36. The highest BCUT2D eigenvalue weighted by Gasteiger charge is 2.34. The molecule has 0 atom stereocenters. The summed E-state index contributed by atoms with van der Waals surface area (Å²) in [7, 11) is -4.28. The van der Waals surface area contributed by atoms with E-state index in [9.17, 15) is 31.5 Å². The standard InChI is InChI=1S/C27H21ClF3N5O4S/c1-16-2-8-19(9-3-16)41(39,40)35(26(37)38)13-11-17-4-6-18(7-5-17)36-24-15-21(28)20(27(29,30)31)14-23(24)33-25(36)22-10-12-32-34-22/h2-10,12,14-15H,11,13H2,1H3,(H,32,34)(H,37,38). The summed E-state index contributed by atoms with van der Waals surface area (Å²) in [5.41, 5.74) is 1.81. The van der Waals surface area contributed by atoms with Gasteiger partial charge in [-0.15, -0.1) is 0 Å². The number of aromatic amines is 1. The van der Waals surface area contributed by atoms with Gasteiger partial charge in [-0.25, -0.2) is 22.5 Å². The number of alkyl halides is 3. The number of fused-ring (bicyclic) bond motifs is 1. The Bertz CT molecular complexity index is 1840. The van der Waals surface area contributed by atoms with Gasteiger partial charge in [-0.05, 0) is 61.4 Å². The predicted molar refractivity (Wildman–Crippen MR) is 145 cm³/mol. The summed E-state index contributed by atoms with van der Waals surface area (Å²) in [5.74, 6) is 0.293. The molecule has 0 aliphatic rings. The number of carbonyl (C=O) groups is 1. The quantitative estimate of drug-likeness (QED) is 0.225. The first-order valence-electron chi connectivity index (χ1n) is 12.1. The number of sulfonamides is 1.